The Morgan fingerprint density at radius 3 is 2.50 bits per heavy atom. The first-order valence-electron chi connectivity index (χ1n) is 8.74. The number of nitrogens with zero attached hydrogens (tertiary/aromatic N) is 3. The molecule has 4 heteroatoms. The van der Waals surface area contributed by atoms with Gasteiger partial charge in [0.15, 0.2) is 0 Å². The highest BCUT2D eigenvalue weighted by atomic mass is 16.2. The molecule has 1 atom stereocenters. The standard InChI is InChI=1S/C20H27N3O/c1-5-22-15(2)13-18(16(22)3)20(24)23-12-11-21(4)14-19(23)17-9-7-6-8-10-17/h6-10,13,19H,5,11-12,14H2,1-4H3. The van der Waals surface area contributed by atoms with Crippen molar-refractivity contribution in [2.45, 2.75) is 33.4 Å². The van der Waals surface area contributed by atoms with E-state index in [1.165, 1.54) is 5.56 Å². The molecule has 1 aromatic carbocycles. The molecular formula is C20H27N3O. The number of amides is 1. The average molecular weight is 325 g/mol. The maximum atomic E-state index is 13.3. The first kappa shape index (κ1) is 16.8. The second-order valence-electron chi connectivity index (χ2n) is 6.72. The minimum atomic E-state index is 0.113. The topological polar surface area (TPSA) is 28.5 Å². The van der Waals surface area contributed by atoms with E-state index in [0.29, 0.717) is 0 Å². The van der Waals surface area contributed by atoms with Gasteiger partial charge in [-0.1, -0.05) is 30.3 Å². The third-order valence-electron chi connectivity index (χ3n) is 5.15. The molecule has 1 aliphatic heterocycles. The molecule has 1 fully saturated rings. The van der Waals surface area contributed by atoms with Crippen LogP contribution in [0.5, 0.6) is 0 Å². The Kier molecular flexibility index (Phi) is 4.76. The van der Waals surface area contributed by atoms with Crippen LogP contribution in [0.4, 0.5) is 0 Å². The summed E-state index contributed by atoms with van der Waals surface area (Å²) in [6, 6.07) is 12.5. The third-order valence-corrected chi connectivity index (χ3v) is 5.15. The predicted octanol–water partition coefficient (Wildman–Crippen LogP) is 3.25. The SMILES string of the molecule is CCn1c(C)cc(C(=O)N2CCN(C)CC2c2ccccc2)c1C. The zero-order valence-electron chi connectivity index (χ0n) is 15.1. The fourth-order valence-corrected chi connectivity index (χ4v) is 3.78. The summed E-state index contributed by atoms with van der Waals surface area (Å²) in [5.74, 6) is 0.157. The monoisotopic (exact) mass is 325 g/mol. The largest absolute Gasteiger partial charge is 0.349 e. The van der Waals surface area contributed by atoms with Crippen LogP contribution in [0, 0.1) is 13.8 Å². The van der Waals surface area contributed by atoms with Crippen LogP contribution >= 0.6 is 0 Å². The minimum absolute atomic E-state index is 0.113. The zero-order valence-corrected chi connectivity index (χ0v) is 15.1. The van der Waals surface area contributed by atoms with E-state index in [1.807, 2.05) is 12.1 Å². The van der Waals surface area contributed by atoms with Gasteiger partial charge in [-0.05, 0) is 39.4 Å². The molecular weight excluding hydrogens is 298 g/mol. The van der Waals surface area contributed by atoms with Gasteiger partial charge in [-0.15, -0.1) is 0 Å². The highest BCUT2D eigenvalue weighted by Crippen LogP contribution is 2.28. The average Bonchev–Trinajstić information content (AvgIpc) is 2.89. The lowest BCUT2D eigenvalue weighted by Gasteiger charge is -2.40. The van der Waals surface area contributed by atoms with Gasteiger partial charge in [-0.2, -0.15) is 0 Å². The van der Waals surface area contributed by atoms with Crippen molar-refractivity contribution in [3.8, 4) is 0 Å². The lowest BCUT2D eigenvalue weighted by atomic mass is 10.0. The molecule has 1 saturated heterocycles. The van der Waals surface area contributed by atoms with Gasteiger partial charge in [0.2, 0.25) is 0 Å². The molecule has 24 heavy (non-hydrogen) atoms. The van der Waals surface area contributed by atoms with E-state index in [1.54, 1.807) is 0 Å². The van der Waals surface area contributed by atoms with E-state index in [-0.39, 0.29) is 11.9 Å². The summed E-state index contributed by atoms with van der Waals surface area (Å²) in [7, 11) is 2.13. The Labute approximate surface area is 144 Å². The van der Waals surface area contributed by atoms with E-state index in [0.717, 1.165) is 43.1 Å². The van der Waals surface area contributed by atoms with Crippen LogP contribution in [0.15, 0.2) is 36.4 Å². The fraction of sp³-hybridized carbons (Fsp3) is 0.450. The molecule has 3 rings (SSSR count). The number of benzene rings is 1. The number of aromatic nitrogens is 1. The van der Waals surface area contributed by atoms with Crippen molar-refractivity contribution in [2.75, 3.05) is 26.7 Å². The van der Waals surface area contributed by atoms with Crippen molar-refractivity contribution >= 4 is 5.91 Å². The Morgan fingerprint density at radius 2 is 1.88 bits per heavy atom. The van der Waals surface area contributed by atoms with Crippen LogP contribution in [-0.2, 0) is 6.54 Å². The van der Waals surface area contributed by atoms with Crippen molar-refractivity contribution in [3.05, 3.63) is 58.9 Å². The molecule has 1 unspecified atom stereocenters. The number of carbonyl (C=O) groups is 1. The molecule has 1 amide bonds. The molecule has 2 heterocycles. The highest BCUT2D eigenvalue weighted by molar-refractivity contribution is 5.96. The van der Waals surface area contributed by atoms with Crippen molar-refractivity contribution in [1.82, 2.24) is 14.4 Å². The Bertz CT molecular complexity index is 720. The van der Waals surface area contributed by atoms with E-state index < -0.39 is 0 Å². The van der Waals surface area contributed by atoms with Gasteiger partial charge in [0.1, 0.15) is 0 Å². The van der Waals surface area contributed by atoms with E-state index in [9.17, 15) is 4.79 Å². The first-order chi connectivity index (χ1) is 11.5. The summed E-state index contributed by atoms with van der Waals surface area (Å²) in [6.45, 7) is 9.71. The zero-order chi connectivity index (χ0) is 17.3. The molecule has 1 aliphatic rings. The summed E-state index contributed by atoms with van der Waals surface area (Å²) >= 11 is 0. The maximum absolute atomic E-state index is 13.3. The van der Waals surface area contributed by atoms with Crippen molar-refractivity contribution in [3.63, 3.8) is 0 Å². The molecule has 1 aromatic heterocycles. The summed E-state index contributed by atoms with van der Waals surface area (Å²) in [5.41, 5.74) is 4.29. The van der Waals surface area contributed by atoms with Crippen molar-refractivity contribution in [1.29, 1.82) is 0 Å². The van der Waals surface area contributed by atoms with E-state index in [4.69, 9.17) is 0 Å². The number of hydrogen-bond acceptors (Lipinski definition) is 2. The molecule has 0 bridgehead atoms. The van der Waals surface area contributed by atoms with Gasteiger partial charge in [0, 0.05) is 37.6 Å². The first-order valence-corrected chi connectivity index (χ1v) is 8.74. The molecule has 0 aliphatic carbocycles. The van der Waals surface area contributed by atoms with Crippen LogP contribution < -0.4 is 0 Å². The van der Waals surface area contributed by atoms with Gasteiger partial charge >= 0.3 is 0 Å². The molecule has 128 valence electrons. The molecule has 0 N–H and O–H groups in total. The molecule has 0 spiro atoms. The Balaban J connectivity index is 1.95. The van der Waals surface area contributed by atoms with E-state index >= 15 is 0 Å². The summed E-state index contributed by atoms with van der Waals surface area (Å²) in [6.07, 6.45) is 0. The number of hydrogen-bond donors (Lipinski definition) is 0. The van der Waals surface area contributed by atoms with Gasteiger partial charge in [0.05, 0.1) is 11.6 Å². The fourth-order valence-electron chi connectivity index (χ4n) is 3.78. The van der Waals surface area contributed by atoms with Gasteiger partial charge < -0.3 is 14.4 Å². The lowest BCUT2D eigenvalue weighted by molar-refractivity contribution is 0.0497. The molecule has 2 aromatic rings. The summed E-state index contributed by atoms with van der Waals surface area (Å²) < 4.78 is 2.21. The van der Waals surface area contributed by atoms with Crippen molar-refractivity contribution in [2.24, 2.45) is 0 Å². The number of likely N-dealkylation sites (N-methyl/N-ethyl adjacent to an activating group) is 1. The number of aryl methyl sites for hydroxylation is 1. The molecule has 4 nitrogen and oxygen atoms in total. The maximum Gasteiger partial charge on any atom is 0.256 e. The Hall–Kier alpha value is -2.07. The van der Waals surface area contributed by atoms with Crippen molar-refractivity contribution < 1.29 is 4.79 Å². The van der Waals surface area contributed by atoms with Gasteiger partial charge in [0.25, 0.3) is 5.91 Å². The van der Waals surface area contributed by atoms with Crippen LogP contribution in [0.3, 0.4) is 0 Å². The second kappa shape index (κ2) is 6.81. The molecule has 0 radical (unpaired) electrons. The van der Waals surface area contributed by atoms with Crippen LogP contribution in [0.2, 0.25) is 0 Å². The van der Waals surface area contributed by atoms with Crippen LogP contribution in [-0.4, -0.2) is 47.0 Å². The van der Waals surface area contributed by atoms with Gasteiger partial charge in [-0.25, -0.2) is 0 Å². The molecule has 0 saturated carbocycles. The second-order valence-corrected chi connectivity index (χ2v) is 6.72. The van der Waals surface area contributed by atoms with Crippen LogP contribution in [0.1, 0.15) is 40.3 Å². The Morgan fingerprint density at radius 1 is 1.17 bits per heavy atom. The predicted molar refractivity (Wildman–Crippen MR) is 97.3 cm³/mol. The highest BCUT2D eigenvalue weighted by Gasteiger charge is 2.32. The number of carbonyl (C=O) groups excluding carboxylic acids is 1. The number of rotatable bonds is 3. The normalized spacial score (nSPS) is 18.8. The lowest BCUT2D eigenvalue weighted by Crippen LogP contribution is -2.49. The minimum Gasteiger partial charge on any atom is -0.349 e. The van der Waals surface area contributed by atoms with Gasteiger partial charge in [-0.3, -0.25) is 4.79 Å². The van der Waals surface area contributed by atoms with E-state index in [2.05, 4.69) is 66.5 Å². The summed E-state index contributed by atoms with van der Waals surface area (Å²) in [5, 5.41) is 0. The van der Waals surface area contributed by atoms with Crippen LogP contribution in [0.25, 0.3) is 0 Å². The smallest absolute Gasteiger partial charge is 0.256 e. The number of piperazine rings is 1. The third kappa shape index (κ3) is 2.98. The quantitative estimate of drug-likeness (QED) is 0.866. The summed E-state index contributed by atoms with van der Waals surface area (Å²) in [4.78, 5) is 17.6.